The van der Waals surface area contributed by atoms with Crippen molar-refractivity contribution in [3.05, 3.63) is 53.5 Å². The Bertz CT molecular complexity index is 722. The van der Waals surface area contributed by atoms with E-state index in [1.54, 1.807) is 12.1 Å². The molecule has 3 nitrogen and oxygen atoms in total. The molecule has 0 radical (unpaired) electrons. The monoisotopic (exact) mass is 282 g/mol. The van der Waals surface area contributed by atoms with Crippen molar-refractivity contribution in [1.29, 1.82) is 5.26 Å². The van der Waals surface area contributed by atoms with Crippen LogP contribution in [0.3, 0.4) is 0 Å². The first-order valence-corrected chi connectivity index (χ1v) is 6.54. The molecule has 1 heterocycles. The molecule has 0 bridgehead atoms. The van der Waals surface area contributed by atoms with Gasteiger partial charge in [0.1, 0.15) is 11.9 Å². The summed E-state index contributed by atoms with van der Waals surface area (Å²) in [6.07, 6.45) is 1.38. The number of carbonyl (C=O) groups excluding carboxylic acids is 1. The number of nitrogens with zero attached hydrogens (tertiary/aromatic N) is 2. The molecule has 0 amide bonds. The first-order valence-electron chi connectivity index (χ1n) is 6.54. The molecule has 0 unspecified atom stereocenters. The van der Waals surface area contributed by atoms with Crippen LogP contribution in [-0.2, 0) is 0 Å². The molecule has 1 aromatic heterocycles. The number of hydrogen-bond acceptors (Lipinski definition) is 3. The summed E-state index contributed by atoms with van der Waals surface area (Å²) in [4.78, 5) is 16.3. The van der Waals surface area contributed by atoms with E-state index in [0.717, 1.165) is 0 Å². The van der Waals surface area contributed by atoms with Gasteiger partial charge >= 0.3 is 0 Å². The maximum Gasteiger partial charge on any atom is 0.168 e. The Morgan fingerprint density at radius 3 is 2.48 bits per heavy atom. The smallest absolute Gasteiger partial charge is 0.168 e. The Hall–Kier alpha value is -2.54. The quantitative estimate of drug-likeness (QED) is 0.783. The number of pyridine rings is 1. The summed E-state index contributed by atoms with van der Waals surface area (Å²) in [5, 5.41) is 8.75. The van der Waals surface area contributed by atoms with Crippen molar-refractivity contribution in [3.8, 4) is 17.3 Å². The van der Waals surface area contributed by atoms with E-state index in [4.69, 9.17) is 5.26 Å². The second-order valence-electron chi connectivity index (χ2n) is 5.82. The van der Waals surface area contributed by atoms with Gasteiger partial charge in [0, 0.05) is 22.7 Å². The maximum atomic E-state index is 14.0. The molecule has 0 N–H and O–H groups in total. The molecule has 0 spiro atoms. The van der Waals surface area contributed by atoms with E-state index in [-0.39, 0.29) is 11.3 Å². The van der Waals surface area contributed by atoms with Gasteiger partial charge in [0.15, 0.2) is 5.78 Å². The largest absolute Gasteiger partial charge is 0.294 e. The molecule has 2 rings (SSSR count). The lowest BCUT2D eigenvalue weighted by atomic mass is 9.86. The van der Waals surface area contributed by atoms with Gasteiger partial charge in [-0.15, -0.1) is 0 Å². The van der Waals surface area contributed by atoms with Gasteiger partial charge in [-0.2, -0.15) is 5.26 Å². The summed E-state index contributed by atoms with van der Waals surface area (Å²) in [5.41, 5.74) is 0.975. The lowest BCUT2D eigenvalue weighted by Crippen LogP contribution is -2.20. The van der Waals surface area contributed by atoms with Crippen LogP contribution in [-0.4, -0.2) is 10.8 Å². The number of hydrogen-bond donors (Lipinski definition) is 0. The van der Waals surface area contributed by atoms with Crippen molar-refractivity contribution in [2.24, 2.45) is 5.41 Å². The standard InChI is InChI=1S/C17H15FN2O/c1-17(2,3)16(21)12-5-6-14(18)13(8-12)15-7-4-11(9-19)10-20-15/h4-8,10H,1-3H3. The molecule has 0 aliphatic carbocycles. The van der Waals surface area contributed by atoms with Crippen LogP contribution in [0.1, 0.15) is 36.7 Å². The molecule has 2 aromatic rings. The van der Waals surface area contributed by atoms with Gasteiger partial charge in [0.2, 0.25) is 0 Å². The van der Waals surface area contributed by atoms with Crippen LogP contribution in [0.2, 0.25) is 0 Å². The Labute approximate surface area is 123 Å². The molecular formula is C17H15FN2O. The lowest BCUT2D eigenvalue weighted by Gasteiger charge is -2.17. The predicted molar refractivity (Wildman–Crippen MR) is 78.1 cm³/mol. The zero-order chi connectivity index (χ0) is 15.6. The molecule has 21 heavy (non-hydrogen) atoms. The van der Waals surface area contributed by atoms with Crippen molar-refractivity contribution in [2.75, 3.05) is 0 Å². The summed E-state index contributed by atoms with van der Waals surface area (Å²) in [6.45, 7) is 5.45. The van der Waals surface area contributed by atoms with Gasteiger partial charge in [0.05, 0.1) is 11.3 Å². The SMILES string of the molecule is CC(C)(C)C(=O)c1ccc(F)c(-c2ccc(C#N)cn2)c1. The molecule has 0 aliphatic rings. The minimum absolute atomic E-state index is 0.0580. The minimum atomic E-state index is -0.535. The van der Waals surface area contributed by atoms with Gasteiger partial charge in [-0.05, 0) is 30.3 Å². The summed E-state index contributed by atoms with van der Waals surface area (Å²) in [7, 11) is 0. The maximum absolute atomic E-state index is 14.0. The number of ketones is 1. The van der Waals surface area contributed by atoms with E-state index in [1.165, 1.54) is 24.4 Å². The fourth-order valence-electron chi connectivity index (χ4n) is 1.92. The molecule has 106 valence electrons. The molecule has 0 saturated carbocycles. The zero-order valence-electron chi connectivity index (χ0n) is 12.1. The molecule has 0 atom stereocenters. The Morgan fingerprint density at radius 1 is 1.24 bits per heavy atom. The highest BCUT2D eigenvalue weighted by Crippen LogP contribution is 2.26. The third-order valence-corrected chi connectivity index (χ3v) is 3.08. The van der Waals surface area contributed by atoms with Gasteiger partial charge < -0.3 is 0 Å². The average Bonchev–Trinajstić information content (AvgIpc) is 2.46. The van der Waals surface area contributed by atoms with Crippen LogP contribution in [0.25, 0.3) is 11.3 Å². The summed E-state index contributed by atoms with van der Waals surface area (Å²) < 4.78 is 14.0. The molecule has 4 heteroatoms. The number of carbonyl (C=O) groups is 1. The fraction of sp³-hybridized carbons (Fsp3) is 0.235. The van der Waals surface area contributed by atoms with Crippen molar-refractivity contribution in [3.63, 3.8) is 0 Å². The van der Waals surface area contributed by atoms with Gasteiger partial charge in [-0.3, -0.25) is 9.78 Å². The number of benzene rings is 1. The highest BCUT2D eigenvalue weighted by Gasteiger charge is 2.23. The van der Waals surface area contributed by atoms with E-state index in [9.17, 15) is 9.18 Å². The zero-order valence-corrected chi connectivity index (χ0v) is 12.1. The van der Waals surface area contributed by atoms with E-state index >= 15 is 0 Å². The van der Waals surface area contributed by atoms with Crippen LogP contribution in [0.4, 0.5) is 4.39 Å². The van der Waals surface area contributed by atoms with E-state index < -0.39 is 11.2 Å². The number of aromatic nitrogens is 1. The van der Waals surface area contributed by atoms with Crippen LogP contribution >= 0.6 is 0 Å². The van der Waals surface area contributed by atoms with Gasteiger partial charge in [-0.25, -0.2) is 4.39 Å². The topological polar surface area (TPSA) is 53.8 Å². The Morgan fingerprint density at radius 2 is 1.95 bits per heavy atom. The van der Waals surface area contributed by atoms with Gasteiger partial charge in [0.25, 0.3) is 0 Å². The summed E-state index contributed by atoms with van der Waals surface area (Å²) >= 11 is 0. The van der Waals surface area contributed by atoms with Crippen LogP contribution in [0.15, 0.2) is 36.5 Å². The van der Waals surface area contributed by atoms with Crippen molar-refractivity contribution in [2.45, 2.75) is 20.8 Å². The second kappa shape index (κ2) is 5.45. The third-order valence-electron chi connectivity index (χ3n) is 3.08. The number of halogens is 1. The highest BCUT2D eigenvalue weighted by atomic mass is 19.1. The highest BCUT2D eigenvalue weighted by molar-refractivity contribution is 6.00. The van der Waals surface area contributed by atoms with E-state index in [2.05, 4.69) is 4.98 Å². The molecule has 0 fully saturated rings. The van der Waals surface area contributed by atoms with Crippen LogP contribution < -0.4 is 0 Å². The second-order valence-corrected chi connectivity index (χ2v) is 5.82. The predicted octanol–water partition coefficient (Wildman–Crippen LogP) is 3.99. The Kier molecular flexibility index (Phi) is 3.86. The normalized spacial score (nSPS) is 11.0. The Balaban J connectivity index is 2.49. The molecular weight excluding hydrogens is 267 g/mol. The summed E-state index contributed by atoms with van der Waals surface area (Å²) in [5.74, 6) is -0.505. The molecule has 0 saturated heterocycles. The average molecular weight is 282 g/mol. The van der Waals surface area contributed by atoms with Crippen molar-refractivity contribution < 1.29 is 9.18 Å². The van der Waals surface area contributed by atoms with E-state index in [1.807, 2.05) is 26.8 Å². The minimum Gasteiger partial charge on any atom is -0.294 e. The number of nitriles is 1. The van der Waals surface area contributed by atoms with E-state index in [0.29, 0.717) is 16.8 Å². The summed E-state index contributed by atoms with van der Waals surface area (Å²) in [6, 6.07) is 9.37. The number of rotatable bonds is 2. The first kappa shape index (κ1) is 14.9. The lowest BCUT2D eigenvalue weighted by molar-refractivity contribution is 0.0858. The van der Waals surface area contributed by atoms with Crippen molar-refractivity contribution >= 4 is 5.78 Å². The van der Waals surface area contributed by atoms with Gasteiger partial charge in [-0.1, -0.05) is 20.8 Å². The third kappa shape index (κ3) is 3.14. The fourth-order valence-corrected chi connectivity index (χ4v) is 1.92. The molecule has 1 aromatic carbocycles. The van der Waals surface area contributed by atoms with Crippen molar-refractivity contribution in [1.82, 2.24) is 4.98 Å². The van der Waals surface area contributed by atoms with Crippen LogP contribution in [0.5, 0.6) is 0 Å². The molecule has 0 aliphatic heterocycles. The first-order chi connectivity index (χ1) is 9.82. The van der Waals surface area contributed by atoms with Crippen LogP contribution in [0, 0.1) is 22.6 Å². The number of Topliss-reactive ketones (excluding diaryl/α,β-unsaturated/α-hetero) is 1.